The first-order valence-electron chi connectivity index (χ1n) is 7.70. The molecule has 0 spiro atoms. The van der Waals surface area contributed by atoms with Crippen LogP contribution in [0, 0.1) is 0 Å². The first-order chi connectivity index (χ1) is 10.3. The highest BCUT2D eigenvalue weighted by atomic mass is 16.7. The number of hydrogen-bond acceptors (Lipinski definition) is 5. The minimum absolute atomic E-state index is 0.0152. The quantitative estimate of drug-likeness (QED) is 0.823. The van der Waals surface area contributed by atoms with Gasteiger partial charge in [-0.05, 0) is 12.1 Å². The molecule has 1 aromatic carbocycles. The molecule has 0 atom stereocenters. The van der Waals surface area contributed by atoms with Crippen LogP contribution in [0.25, 0.3) is 0 Å². The maximum atomic E-state index is 5.49. The van der Waals surface area contributed by atoms with Crippen molar-refractivity contribution in [1.29, 1.82) is 0 Å². The summed E-state index contributed by atoms with van der Waals surface area (Å²) >= 11 is 0. The highest BCUT2D eigenvalue weighted by molar-refractivity contribution is 5.51. The summed E-state index contributed by atoms with van der Waals surface area (Å²) in [6, 6.07) is 8.30. The van der Waals surface area contributed by atoms with Gasteiger partial charge in [0, 0.05) is 50.9 Å². The van der Waals surface area contributed by atoms with Crippen LogP contribution in [0.15, 0.2) is 24.3 Å². The molecule has 2 aliphatic heterocycles. The van der Waals surface area contributed by atoms with Crippen molar-refractivity contribution in [2.24, 2.45) is 0 Å². The number of ether oxygens (including phenoxy) is 3. The molecule has 0 bridgehead atoms. The molecule has 2 heterocycles. The molecule has 5 nitrogen and oxygen atoms in total. The van der Waals surface area contributed by atoms with Crippen LogP contribution in [0.3, 0.4) is 0 Å². The second kappa shape index (κ2) is 7.11. The highest BCUT2D eigenvalue weighted by Gasteiger charge is 2.20. The lowest BCUT2D eigenvalue weighted by Crippen LogP contribution is -2.47. The van der Waals surface area contributed by atoms with E-state index in [2.05, 4.69) is 28.0 Å². The summed E-state index contributed by atoms with van der Waals surface area (Å²) in [5, 5.41) is 0. The van der Waals surface area contributed by atoms with Crippen LogP contribution in [0.5, 0.6) is 5.75 Å². The third-order valence-electron chi connectivity index (χ3n) is 4.16. The first kappa shape index (κ1) is 14.6. The number of nitrogens with zero attached hydrogens (tertiary/aromatic N) is 2. The van der Waals surface area contributed by atoms with E-state index >= 15 is 0 Å². The van der Waals surface area contributed by atoms with Gasteiger partial charge in [-0.25, -0.2) is 0 Å². The minimum Gasteiger partial charge on any atom is -0.497 e. The van der Waals surface area contributed by atoms with Crippen molar-refractivity contribution in [3.8, 4) is 5.75 Å². The molecule has 5 heteroatoms. The highest BCUT2D eigenvalue weighted by Crippen LogP contribution is 2.22. The SMILES string of the molecule is COc1cccc(N2CCN(CCC3OCCO3)CC2)c1. The van der Waals surface area contributed by atoms with Gasteiger partial charge in [0.1, 0.15) is 5.75 Å². The second-order valence-corrected chi connectivity index (χ2v) is 5.49. The van der Waals surface area contributed by atoms with Gasteiger partial charge in [-0.15, -0.1) is 0 Å². The van der Waals surface area contributed by atoms with Gasteiger partial charge in [0.05, 0.1) is 20.3 Å². The van der Waals surface area contributed by atoms with Gasteiger partial charge in [0.25, 0.3) is 0 Å². The molecule has 1 aromatic rings. The second-order valence-electron chi connectivity index (χ2n) is 5.49. The molecule has 2 saturated heterocycles. The number of rotatable bonds is 5. The number of methoxy groups -OCH3 is 1. The molecule has 0 N–H and O–H groups in total. The Labute approximate surface area is 126 Å². The van der Waals surface area contributed by atoms with Crippen LogP contribution in [0.1, 0.15) is 6.42 Å². The van der Waals surface area contributed by atoms with E-state index in [9.17, 15) is 0 Å². The first-order valence-corrected chi connectivity index (χ1v) is 7.70. The molecule has 0 radical (unpaired) electrons. The van der Waals surface area contributed by atoms with Crippen LogP contribution < -0.4 is 9.64 Å². The standard InChI is InChI=1S/C16H24N2O3/c1-19-15-4-2-3-14(13-15)18-9-7-17(8-10-18)6-5-16-20-11-12-21-16/h2-4,13,16H,5-12H2,1H3. The van der Waals surface area contributed by atoms with Gasteiger partial charge in [0.2, 0.25) is 0 Å². The molecule has 0 aromatic heterocycles. The lowest BCUT2D eigenvalue weighted by Gasteiger charge is -2.36. The summed E-state index contributed by atoms with van der Waals surface area (Å²) in [5.41, 5.74) is 1.25. The molecule has 21 heavy (non-hydrogen) atoms. The average molecular weight is 292 g/mol. The fraction of sp³-hybridized carbons (Fsp3) is 0.625. The molecule has 0 amide bonds. The molecule has 0 aliphatic carbocycles. The van der Waals surface area contributed by atoms with Gasteiger partial charge in [0.15, 0.2) is 6.29 Å². The van der Waals surface area contributed by atoms with Crippen molar-refractivity contribution in [2.45, 2.75) is 12.7 Å². The zero-order valence-electron chi connectivity index (χ0n) is 12.7. The van der Waals surface area contributed by atoms with Gasteiger partial charge >= 0.3 is 0 Å². The fourth-order valence-electron chi connectivity index (χ4n) is 2.90. The summed E-state index contributed by atoms with van der Waals surface area (Å²) in [6.07, 6.45) is 0.987. The van der Waals surface area contributed by atoms with Crippen LogP contribution in [0.2, 0.25) is 0 Å². The van der Waals surface area contributed by atoms with E-state index in [1.807, 2.05) is 6.07 Å². The van der Waals surface area contributed by atoms with E-state index in [4.69, 9.17) is 14.2 Å². The minimum atomic E-state index is 0.0152. The third-order valence-corrected chi connectivity index (χ3v) is 4.16. The van der Waals surface area contributed by atoms with Gasteiger partial charge in [-0.2, -0.15) is 0 Å². The molecular weight excluding hydrogens is 268 g/mol. The van der Waals surface area contributed by atoms with Crippen LogP contribution in [-0.2, 0) is 9.47 Å². The predicted octanol–water partition coefficient (Wildman–Crippen LogP) is 1.58. The number of anilines is 1. The molecule has 0 saturated carbocycles. The van der Waals surface area contributed by atoms with Crippen LogP contribution >= 0.6 is 0 Å². The summed E-state index contributed by atoms with van der Waals surface area (Å²) < 4.78 is 16.3. The largest absolute Gasteiger partial charge is 0.497 e. The Bertz CT molecular complexity index is 441. The zero-order chi connectivity index (χ0) is 14.5. The number of piperazine rings is 1. The van der Waals surface area contributed by atoms with Crippen molar-refractivity contribution in [2.75, 3.05) is 57.9 Å². The van der Waals surface area contributed by atoms with Crippen molar-refractivity contribution >= 4 is 5.69 Å². The van der Waals surface area contributed by atoms with E-state index in [-0.39, 0.29) is 6.29 Å². The number of hydrogen-bond donors (Lipinski definition) is 0. The molecule has 116 valence electrons. The monoisotopic (exact) mass is 292 g/mol. The summed E-state index contributed by atoms with van der Waals surface area (Å²) in [7, 11) is 1.71. The zero-order valence-corrected chi connectivity index (χ0v) is 12.7. The van der Waals surface area contributed by atoms with Gasteiger partial charge in [-0.1, -0.05) is 6.07 Å². The van der Waals surface area contributed by atoms with Crippen LogP contribution in [-0.4, -0.2) is 64.2 Å². The maximum Gasteiger partial charge on any atom is 0.159 e. The predicted molar refractivity (Wildman–Crippen MR) is 82.0 cm³/mol. The summed E-state index contributed by atoms with van der Waals surface area (Å²) in [6.45, 7) is 6.83. The molecule has 2 aliphatic rings. The molecule has 2 fully saturated rings. The Morgan fingerprint density at radius 3 is 2.62 bits per heavy atom. The average Bonchev–Trinajstić information content (AvgIpc) is 3.07. The van der Waals surface area contributed by atoms with Crippen molar-refractivity contribution in [3.05, 3.63) is 24.3 Å². The van der Waals surface area contributed by atoms with E-state index in [0.717, 1.165) is 58.1 Å². The third kappa shape index (κ3) is 3.87. The molecule has 3 rings (SSSR count). The maximum absolute atomic E-state index is 5.49. The Morgan fingerprint density at radius 2 is 1.90 bits per heavy atom. The van der Waals surface area contributed by atoms with Crippen molar-refractivity contribution in [1.82, 2.24) is 4.90 Å². The Morgan fingerprint density at radius 1 is 1.14 bits per heavy atom. The summed E-state index contributed by atoms with van der Waals surface area (Å²) in [5.74, 6) is 0.922. The van der Waals surface area contributed by atoms with E-state index < -0.39 is 0 Å². The number of benzene rings is 1. The topological polar surface area (TPSA) is 34.2 Å². The smallest absolute Gasteiger partial charge is 0.159 e. The van der Waals surface area contributed by atoms with Gasteiger partial charge in [-0.3, -0.25) is 4.90 Å². The normalized spacial score (nSPS) is 20.9. The Hall–Kier alpha value is -1.30. The Balaban J connectivity index is 1.45. The van der Waals surface area contributed by atoms with Crippen LogP contribution in [0.4, 0.5) is 5.69 Å². The van der Waals surface area contributed by atoms with Crippen molar-refractivity contribution < 1.29 is 14.2 Å². The lowest BCUT2D eigenvalue weighted by molar-refractivity contribution is -0.0516. The molecular formula is C16H24N2O3. The van der Waals surface area contributed by atoms with Crippen molar-refractivity contribution in [3.63, 3.8) is 0 Å². The lowest BCUT2D eigenvalue weighted by atomic mass is 10.2. The molecule has 0 unspecified atom stereocenters. The fourth-order valence-corrected chi connectivity index (χ4v) is 2.90. The van der Waals surface area contributed by atoms with E-state index in [1.165, 1.54) is 5.69 Å². The van der Waals surface area contributed by atoms with Gasteiger partial charge < -0.3 is 19.1 Å². The van der Waals surface area contributed by atoms with E-state index in [1.54, 1.807) is 7.11 Å². The van der Waals surface area contributed by atoms with E-state index in [0.29, 0.717) is 0 Å². The summed E-state index contributed by atoms with van der Waals surface area (Å²) in [4.78, 5) is 4.91. The Kier molecular flexibility index (Phi) is 4.95.